The van der Waals surface area contributed by atoms with Crippen LogP contribution in [0, 0.1) is 0 Å². The summed E-state index contributed by atoms with van der Waals surface area (Å²) in [4.78, 5) is 3.21. The Kier molecular flexibility index (Phi) is 5.17. The van der Waals surface area contributed by atoms with E-state index in [1.807, 2.05) is 42.8 Å². The fraction of sp³-hybridized carbons (Fsp3) is 0.294. The maximum atomic E-state index is 10.5. The molecule has 0 aliphatic heterocycles. The van der Waals surface area contributed by atoms with E-state index in [0.29, 0.717) is 13.1 Å². The highest BCUT2D eigenvalue weighted by Crippen LogP contribution is 2.21. The summed E-state index contributed by atoms with van der Waals surface area (Å²) in [5.41, 5.74) is 2.25. The number of rotatable bonds is 7. The van der Waals surface area contributed by atoms with Gasteiger partial charge in [-0.1, -0.05) is 41.6 Å². The van der Waals surface area contributed by atoms with Crippen molar-refractivity contribution in [2.45, 2.75) is 19.2 Å². The van der Waals surface area contributed by atoms with Crippen molar-refractivity contribution >= 4 is 11.3 Å². The average Bonchev–Trinajstić information content (AvgIpc) is 3.21. The van der Waals surface area contributed by atoms with E-state index >= 15 is 0 Å². The first kappa shape index (κ1) is 15.9. The molecule has 1 unspecified atom stereocenters. The van der Waals surface area contributed by atoms with Crippen LogP contribution in [0.1, 0.15) is 22.2 Å². The van der Waals surface area contributed by atoms with Gasteiger partial charge in [-0.3, -0.25) is 9.58 Å². The lowest BCUT2D eigenvalue weighted by Gasteiger charge is -2.24. The molecule has 0 bridgehead atoms. The second kappa shape index (κ2) is 7.50. The van der Waals surface area contributed by atoms with Crippen LogP contribution in [-0.2, 0) is 20.1 Å². The van der Waals surface area contributed by atoms with Gasteiger partial charge in [0.25, 0.3) is 0 Å². The number of aromatic nitrogens is 3. The SMILES string of the molecule is Cn1nncc1CN(Cc1ccccc1)CC(O)c1cccs1. The van der Waals surface area contributed by atoms with Crippen LogP contribution in [0.25, 0.3) is 0 Å². The number of aryl methyl sites for hydroxylation is 1. The number of aliphatic hydroxyl groups excluding tert-OH is 1. The smallest absolute Gasteiger partial charge is 0.101 e. The van der Waals surface area contributed by atoms with E-state index in [1.165, 1.54) is 5.56 Å². The Labute approximate surface area is 139 Å². The molecule has 0 saturated carbocycles. The fourth-order valence-corrected chi connectivity index (χ4v) is 3.23. The molecule has 0 radical (unpaired) electrons. The van der Waals surface area contributed by atoms with Crippen LogP contribution in [0.15, 0.2) is 54.0 Å². The standard InChI is InChI=1S/C17H20N4OS/c1-20-15(10-18-19-20)12-21(11-14-6-3-2-4-7-14)13-16(22)17-8-5-9-23-17/h2-10,16,22H,11-13H2,1H3. The lowest BCUT2D eigenvalue weighted by Crippen LogP contribution is -2.28. The molecule has 5 nitrogen and oxygen atoms in total. The predicted molar refractivity (Wildman–Crippen MR) is 90.8 cm³/mol. The third kappa shape index (κ3) is 4.25. The molecule has 0 spiro atoms. The Morgan fingerprint density at radius 3 is 2.65 bits per heavy atom. The third-order valence-electron chi connectivity index (χ3n) is 3.75. The molecule has 2 heterocycles. The zero-order chi connectivity index (χ0) is 16.1. The van der Waals surface area contributed by atoms with Gasteiger partial charge in [0.15, 0.2) is 0 Å². The summed E-state index contributed by atoms with van der Waals surface area (Å²) in [5.74, 6) is 0. The molecule has 1 aromatic carbocycles. The third-order valence-corrected chi connectivity index (χ3v) is 4.72. The summed E-state index contributed by atoms with van der Waals surface area (Å²) >= 11 is 1.58. The summed E-state index contributed by atoms with van der Waals surface area (Å²) in [6, 6.07) is 14.2. The second-order valence-corrected chi connectivity index (χ2v) is 6.51. The molecule has 0 saturated heterocycles. The maximum Gasteiger partial charge on any atom is 0.101 e. The molecule has 0 amide bonds. The number of aliphatic hydroxyl groups is 1. The van der Waals surface area contributed by atoms with E-state index in [9.17, 15) is 5.11 Å². The number of nitrogens with zero attached hydrogens (tertiary/aromatic N) is 4. The van der Waals surface area contributed by atoms with E-state index in [1.54, 1.807) is 22.2 Å². The zero-order valence-electron chi connectivity index (χ0n) is 13.0. The van der Waals surface area contributed by atoms with E-state index in [-0.39, 0.29) is 0 Å². The van der Waals surface area contributed by atoms with Crippen LogP contribution < -0.4 is 0 Å². The Hall–Kier alpha value is -2.02. The Balaban J connectivity index is 1.74. The highest BCUT2D eigenvalue weighted by molar-refractivity contribution is 7.10. The highest BCUT2D eigenvalue weighted by Gasteiger charge is 2.16. The van der Waals surface area contributed by atoms with Crippen molar-refractivity contribution in [2.24, 2.45) is 7.05 Å². The largest absolute Gasteiger partial charge is 0.386 e. The summed E-state index contributed by atoms with van der Waals surface area (Å²) < 4.78 is 1.77. The van der Waals surface area contributed by atoms with Crippen LogP contribution in [0.4, 0.5) is 0 Å². The van der Waals surface area contributed by atoms with Crippen molar-refractivity contribution in [1.82, 2.24) is 19.9 Å². The minimum atomic E-state index is -0.486. The molecule has 0 aliphatic rings. The van der Waals surface area contributed by atoms with Crippen molar-refractivity contribution in [3.8, 4) is 0 Å². The molecule has 0 aliphatic carbocycles. The molecule has 1 N–H and O–H groups in total. The molecule has 3 aromatic rings. The summed E-state index contributed by atoms with van der Waals surface area (Å²) in [7, 11) is 1.89. The first-order valence-electron chi connectivity index (χ1n) is 7.53. The molecule has 0 fully saturated rings. The molecular formula is C17H20N4OS. The van der Waals surface area contributed by atoms with Crippen molar-refractivity contribution in [1.29, 1.82) is 0 Å². The average molecular weight is 328 g/mol. The highest BCUT2D eigenvalue weighted by atomic mass is 32.1. The summed E-state index contributed by atoms with van der Waals surface area (Å²) in [6.45, 7) is 2.04. The van der Waals surface area contributed by atoms with Gasteiger partial charge < -0.3 is 5.11 Å². The van der Waals surface area contributed by atoms with Crippen LogP contribution >= 0.6 is 11.3 Å². The van der Waals surface area contributed by atoms with Gasteiger partial charge in [0.2, 0.25) is 0 Å². The predicted octanol–water partition coefficient (Wildman–Crippen LogP) is 2.61. The van der Waals surface area contributed by atoms with E-state index in [4.69, 9.17) is 0 Å². The van der Waals surface area contributed by atoms with E-state index in [0.717, 1.165) is 17.1 Å². The summed E-state index contributed by atoms with van der Waals surface area (Å²) in [5, 5.41) is 20.4. The monoisotopic (exact) mass is 328 g/mol. The Morgan fingerprint density at radius 2 is 2.00 bits per heavy atom. The Bertz CT molecular complexity index is 711. The van der Waals surface area contributed by atoms with Gasteiger partial charge in [0.1, 0.15) is 6.10 Å². The van der Waals surface area contributed by atoms with Gasteiger partial charge in [-0.15, -0.1) is 16.4 Å². The summed E-state index contributed by atoms with van der Waals surface area (Å²) in [6.07, 6.45) is 1.29. The molecule has 2 aromatic heterocycles. The van der Waals surface area contributed by atoms with Crippen molar-refractivity contribution < 1.29 is 5.11 Å². The van der Waals surface area contributed by atoms with Gasteiger partial charge in [0.05, 0.1) is 11.9 Å². The number of hydrogen-bond acceptors (Lipinski definition) is 5. The topological polar surface area (TPSA) is 54.2 Å². The van der Waals surface area contributed by atoms with E-state index < -0.39 is 6.10 Å². The van der Waals surface area contributed by atoms with Gasteiger partial charge in [-0.2, -0.15) is 0 Å². The normalized spacial score (nSPS) is 12.7. The van der Waals surface area contributed by atoms with Crippen LogP contribution in [-0.4, -0.2) is 31.5 Å². The fourth-order valence-electron chi connectivity index (χ4n) is 2.53. The van der Waals surface area contributed by atoms with Gasteiger partial charge in [-0.25, -0.2) is 0 Å². The van der Waals surface area contributed by atoms with Crippen LogP contribution in [0.2, 0.25) is 0 Å². The van der Waals surface area contributed by atoms with Gasteiger partial charge in [0, 0.05) is 31.6 Å². The van der Waals surface area contributed by atoms with Gasteiger partial charge in [-0.05, 0) is 17.0 Å². The van der Waals surface area contributed by atoms with Crippen LogP contribution in [0.5, 0.6) is 0 Å². The van der Waals surface area contributed by atoms with Crippen molar-refractivity contribution in [2.75, 3.05) is 6.54 Å². The number of benzene rings is 1. The number of thiophene rings is 1. The van der Waals surface area contributed by atoms with Gasteiger partial charge >= 0.3 is 0 Å². The molecule has 120 valence electrons. The second-order valence-electron chi connectivity index (χ2n) is 5.54. The van der Waals surface area contributed by atoms with Crippen molar-refractivity contribution in [3.05, 3.63) is 70.2 Å². The minimum Gasteiger partial charge on any atom is -0.386 e. The van der Waals surface area contributed by atoms with Crippen LogP contribution in [0.3, 0.4) is 0 Å². The lowest BCUT2D eigenvalue weighted by molar-refractivity contribution is 0.106. The zero-order valence-corrected chi connectivity index (χ0v) is 13.9. The quantitative estimate of drug-likeness (QED) is 0.724. The molecule has 23 heavy (non-hydrogen) atoms. The number of hydrogen-bond donors (Lipinski definition) is 1. The molecule has 6 heteroatoms. The molecular weight excluding hydrogens is 308 g/mol. The molecule has 1 atom stereocenters. The first-order chi connectivity index (χ1) is 11.2. The maximum absolute atomic E-state index is 10.5. The lowest BCUT2D eigenvalue weighted by atomic mass is 10.2. The Morgan fingerprint density at radius 1 is 1.17 bits per heavy atom. The first-order valence-corrected chi connectivity index (χ1v) is 8.41. The van der Waals surface area contributed by atoms with Crippen molar-refractivity contribution in [3.63, 3.8) is 0 Å². The van der Waals surface area contributed by atoms with E-state index in [2.05, 4.69) is 27.3 Å². The molecule has 3 rings (SSSR count). The minimum absolute atomic E-state index is 0.486.